The molecule has 0 aliphatic carbocycles. The second kappa shape index (κ2) is 5.71. The van der Waals surface area contributed by atoms with Gasteiger partial charge >= 0.3 is 5.97 Å². The van der Waals surface area contributed by atoms with E-state index in [1.54, 1.807) is 13.0 Å². The lowest BCUT2D eigenvalue weighted by Crippen LogP contribution is -2.12. The fourth-order valence-electron chi connectivity index (χ4n) is 2.00. The first-order chi connectivity index (χ1) is 9.06. The summed E-state index contributed by atoms with van der Waals surface area (Å²) in [5.74, 6) is -0.364. The SMILES string of the molecule is Cc1cccc(CNCc2cc(C)c(C(=O)O)o2)c1. The fraction of sp³-hybridized carbons (Fsp3) is 0.267. The molecule has 2 rings (SSSR count). The van der Waals surface area contributed by atoms with Gasteiger partial charge in [0.2, 0.25) is 5.76 Å². The van der Waals surface area contributed by atoms with Gasteiger partial charge in [-0.25, -0.2) is 4.79 Å². The normalized spacial score (nSPS) is 10.6. The van der Waals surface area contributed by atoms with Crippen molar-refractivity contribution in [2.45, 2.75) is 26.9 Å². The molecule has 0 saturated carbocycles. The number of carbonyl (C=O) groups is 1. The number of aromatic carboxylic acids is 1. The van der Waals surface area contributed by atoms with E-state index in [-0.39, 0.29) is 5.76 Å². The van der Waals surface area contributed by atoms with Gasteiger partial charge in [0.25, 0.3) is 0 Å². The molecule has 0 aliphatic heterocycles. The quantitative estimate of drug-likeness (QED) is 0.866. The minimum Gasteiger partial charge on any atom is -0.475 e. The number of rotatable bonds is 5. The smallest absolute Gasteiger partial charge is 0.372 e. The molecule has 1 aromatic carbocycles. The summed E-state index contributed by atoms with van der Waals surface area (Å²) in [6.07, 6.45) is 0. The van der Waals surface area contributed by atoms with Crippen molar-refractivity contribution in [1.82, 2.24) is 5.32 Å². The van der Waals surface area contributed by atoms with Crippen LogP contribution in [-0.4, -0.2) is 11.1 Å². The van der Waals surface area contributed by atoms with Crippen LogP contribution in [0.15, 0.2) is 34.7 Å². The topological polar surface area (TPSA) is 62.5 Å². The highest BCUT2D eigenvalue weighted by Gasteiger charge is 2.13. The maximum atomic E-state index is 10.9. The highest BCUT2D eigenvalue weighted by Crippen LogP contribution is 2.14. The minimum atomic E-state index is -1.03. The highest BCUT2D eigenvalue weighted by atomic mass is 16.4. The molecule has 4 heteroatoms. The second-order valence-electron chi connectivity index (χ2n) is 4.62. The molecule has 0 bridgehead atoms. The number of furan rings is 1. The summed E-state index contributed by atoms with van der Waals surface area (Å²) < 4.78 is 5.28. The summed E-state index contributed by atoms with van der Waals surface area (Å²) in [5, 5.41) is 12.1. The first kappa shape index (κ1) is 13.4. The number of nitrogens with one attached hydrogen (secondary N) is 1. The van der Waals surface area contributed by atoms with E-state index in [2.05, 4.69) is 30.4 Å². The molecule has 0 amide bonds. The molecule has 0 spiro atoms. The molecular formula is C15H17NO3. The Morgan fingerprint density at radius 2 is 2.05 bits per heavy atom. The number of carboxylic acid groups (broad SMARTS) is 1. The van der Waals surface area contributed by atoms with Gasteiger partial charge in [0.1, 0.15) is 5.76 Å². The predicted molar refractivity (Wildman–Crippen MR) is 72.1 cm³/mol. The van der Waals surface area contributed by atoms with Gasteiger partial charge in [-0.15, -0.1) is 0 Å². The van der Waals surface area contributed by atoms with Crippen LogP contribution in [0.5, 0.6) is 0 Å². The largest absolute Gasteiger partial charge is 0.475 e. The van der Waals surface area contributed by atoms with E-state index in [4.69, 9.17) is 9.52 Å². The van der Waals surface area contributed by atoms with Crippen molar-refractivity contribution in [2.75, 3.05) is 0 Å². The number of hydrogen-bond donors (Lipinski definition) is 2. The minimum absolute atomic E-state index is 0.0207. The zero-order chi connectivity index (χ0) is 13.8. The Balaban J connectivity index is 1.92. The van der Waals surface area contributed by atoms with Crippen molar-refractivity contribution in [3.8, 4) is 0 Å². The van der Waals surface area contributed by atoms with Crippen molar-refractivity contribution >= 4 is 5.97 Å². The molecule has 0 aliphatic rings. The first-order valence-electron chi connectivity index (χ1n) is 6.15. The third kappa shape index (κ3) is 3.45. The summed E-state index contributed by atoms with van der Waals surface area (Å²) in [4.78, 5) is 10.9. The number of aryl methyl sites for hydroxylation is 2. The van der Waals surface area contributed by atoms with E-state index < -0.39 is 5.97 Å². The molecule has 4 nitrogen and oxygen atoms in total. The van der Waals surface area contributed by atoms with Gasteiger partial charge in [0.05, 0.1) is 6.54 Å². The van der Waals surface area contributed by atoms with Gasteiger partial charge in [0.15, 0.2) is 0 Å². The van der Waals surface area contributed by atoms with Gasteiger partial charge in [0, 0.05) is 12.1 Å². The maximum Gasteiger partial charge on any atom is 0.372 e. The van der Waals surface area contributed by atoms with E-state index in [0.717, 1.165) is 6.54 Å². The Morgan fingerprint density at radius 3 is 2.68 bits per heavy atom. The van der Waals surface area contributed by atoms with E-state index in [1.807, 2.05) is 6.07 Å². The second-order valence-corrected chi connectivity index (χ2v) is 4.62. The molecule has 0 fully saturated rings. The van der Waals surface area contributed by atoms with Crippen molar-refractivity contribution in [3.63, 3.8) is 0 Å². The summed E-state index contributed by atoms with van der Waals surface area (Å²) >= 11 is 0. The Hall–Kier alpha value is -2.07. The third-order valence-electron chi connectivity index (χ3n) is 2.87. The van der Waals surface area contributed by atoms with Crippen molar-refractivity contribution in [1.29, 1.82) is 0 Å². The monoisotopic (exact) mass is 259 g/mol. The zero-order valence-electron chi connectivity index (χ0n) is 11.1. The predicted octanol–water partition coefficient (Wildman–Crippen LogP) is 2.88. The Kier molecular flexibility index (Phi) is 4.02. The van der Waals surface area contributed by atoms with Crippen LogP contribution < -0.4 is 5.32 Å². The van der Waals surface area contributed by atoms with Crippen molar-refractivity contribution < 1.29 is 14.3 Å². The Morgan fingerprint density at radius 1 is 1.26 bits per heavy atom. The standard InChI is InChI=1S/C15H17NO3/c1-10-4-3-5-12(6-10)8-16-9-13-7-11(2)14(19-13)15(17)18/h3-7,16H,8-9H2,1-2H3,(H,17,18). The van der Waals surface area contributed by atoms with E-state index in [9.17, 15) is 4.79 Å². The molecular weight excluding hydrogens is 242 g/mol. The summed E-state index contributed by atoms with van der Waals surface area (Å²) in [6, 6.07) is 10.00. The molecule has 1 heterocycles. The van der Waals surface area contributed by atoms with Gasteiger partial charge in [-0.1, -0.05) is 29.8 Å². The number of benzene rings is 1. The van der Waals surface area contributed by atoms with Crippen molar-refractivity contribution in [2.24, 2.45) is 0 Å². The maximum absolute atomic E-state index is 10.9. The van der Waals surface area contributed by atoms with Crippen LogP contribution in [0.25, 0.3) is 0 Å². The van der Waals surface area contributed by atoms with Gasteiger partial charge in [-0.2, -0.15) is 0 Å². The summed E-state index contributed by atoms with van der Waals surface area (Å²) in [5.41, 5.74) is 3.07. The molecule has 0 radical (unpaired) electrons. The Labute approximate surface area is 112 Å². The van der Waals surface area contributed by atoms with Crippen LogP contribution in [0.1, 0.15) is 33.0 Å². The van der Waals surface area contributed by atoms with Gasteiger partial charge in [-0.3, -0.25) is 0 Å². The molecule has 2 aromatic rings. The first-order valence-corrected chi connectivity index (χ1v) is 6.15. The molecule has 0 atom stereocenters. The van der Waals surface area contributed by atoms with Crippen LogP contribution in [0.2, 0.25) is 0 Å². The molecule has 0 saturated heterocycles. The van der Waals surface area contributed by atoms with Crippen LogP contribution in [0.3, 0.4) is 0 Å². The summed E-state index contributed by atoms with van der Waals surface area (Å²) in [6.45, 7) is 5.03. The molecule has 1 aromatic heterocycles. The third-order valence-corrected chi connectivity index (χ3v) is 2.87. The van der Waals surface area contributed by atoms with Crippen LogP contribution in [0, 0.1) is 13.8 Å². The van der Waals surface area contributed by atoms with Gasteiger partial charge < -0.3 is 14.8 Å². The highest BCUT2D eigenvalue weighted by molar-refractivity contribution is 5.86. The van der Waals surface area contributed by atoms with Crippen LogP contribution >= 0.6 is 0 Å². The Bertz CT molecular complexity index is 587. The molecule has 2 N–H and O–H groups in total. The van der Waals surface area contributed by atoms with Crippen molar-refractivity contribution in [3.05, 3.63) is 58.5 Å². The van der Waals surface area contributed by atoms with E-state index >= 15 is 0 Å². The fourth-order valence-corrected chi connectivity index (χ4v) is 2.00. The lowest BCUT2D eigenvalue weighted by Gasteiger charge is -2.03. The molecule has 100 valence electrons. The average molecular weight is 259 g/mol. The lowest BCUT2D eigenvalue weighted by atomic mass is 10.1. The van der Waals surface area contributed by atoms with E-state index in [0.29, 0.717) is 17.9 Å². The van der Waals surface area contributed by atoms with Gasteiger partial charge in [-0.05, 0) is 25.5 Å². The summed E-state index contributed by atoms with van der Waals surface area (Å²) in [7, 11) is 0. The van der Waals surface area contributed by atoms with E-state index in [1.165, 1.54) is 11.1 Å². The lowest BCUT2D eigenvalue weighted by molar-refractivity contribution is 0.0659. The molecule has 0 unspecified atom stereocenters. The number of carboxylic acids is 1. The molecule has 19 heavy (non-hydrogen) atoms. The average Bonchev–Trinajstić information content (AvgIpc) is 2.71. The zero-order valence-corrected chi connectivity index (χ0v) is 11.1. The van der Waals surface area contributed by atoms with Crippen LogP contribution in [0.4, 0.5) is 0 Å². The number of hydrogen-bond acceptors (Lipinski definition) is 3. The van der Waals surface area contributed by atoms with Crippen LogP contribution in [-0.2, 0) is 13.1 Å².